The fraction of sp³-hybridized carbons (Fsp3) is 0.600. The first-order valence-electron chi connectivity index (χ1n) is 9.33. The van der Waals surface area contributed by atoms with Gasteiger partial charge in [0.1, 0.15) is 33.3 Å². The molecule has 0 aromatic carbocycles. The lowest BCUT2D eigenvalue weighted by Gasteiger charge is -2.38. The molecule has 0 bridgehead atoms. The highest BCUT2D eigenvalue weighted by atomic mass is 35.5. The number of carbonyl (C=O) groups excluding carboxylic acids is 2. The van der Waals surface area contributed by atoms with Crippen LogP contribution in [0.5, 0.6) is 0 Å². The number of carbonyl (C=O) groups is 2. The summed E-state index contributed by atoms with van der Waals surface area (Å²) in [6.07, 6.45) is 5.33. The number of hydrogen-bond donors (Lipinski definition) is 0. The van der Waals surface area contributed by atoms with E-state index in [1.54, 1.807) is 0 Å². The highest BCUT2D eigenvalue weighted by Crippen LogP contribution is 2.28. The van der Waals surface area contributed by atoms with Crippen LogP contribution in [0, 0.1) is 22.7 Å². The summed E-state index contributed by atoms with van der Waals surface area (Å²) in [6, 6.07) is 2.89. The molecule has 7 heteroatoms. The first-order valence-corrected chi connectivity index (χ1v) is 10.1. The third-order valence-corrected chi connectivity index (χ3v) is 5.13. The average Bonchev–Trinajstić information content (AvgIpc) is 2.64. The Kier molecular flexibility index (Phi) is 11.9. The number of ketones is 2. The van der Waals surface area contributed by atoms with Gasteiger partial charge in [0.05, 0.1) is 26.2 Å². The average molecular weight is 413 g/mol. The van der Waals surface area contributed by atoms with E-state index < -0.39 is 32.8 Å². The van der Waals surface area contributed by atoms with E-state index >= 15 is 0 Å². The molecule has 0 aliphatic heterocycles. The van der Waals surface area contributed by atoms with Crippen LogP contribution in [0.2, 0.25) is 0 Å². The second-order valence-electron chi connectivity index (χ2n) is 6.50. The van der Waals surface area contributed by atoms with Gasteiger partial charge in [-0.2, -0.15) is 10.5 Å². The molecule has 1 aliphatic rings. The lowest BCUT2D eigenvalue weighted by Crippen LogP contribution is -2.50. The van der Waals surface area contributed by atoms with Crippen LogP contribution in [0.4, 0.5) is 0 Å². The van der Waals surface area contributed by atoms with E-state index in [1.807, 2.05) is 0 Å². The van der Waals surface area contributed by atoms with Gasteiger partial charge in [0.15, 0.2) is 0 Å². The Morgan fingerprint density at radius 1 is 0.704 bits per heavy atom. The second-order valence-corrected chi connectivity index (χ2v) is 7.25. The Morgan fingerprint density at radius 2 is 0.963 bits per heavy atom. The molecule has 0 unspecified atom stereocenters. The van der Waals surface area contributed by atoms with Crippen LogP contribution >= 0.6 is 23.2 Å². The summed E-state index contributed by atoms with van der Waals surface area (Å²) in [5.41, 5.74) is -1.13. The lowest BCUT2D eigenvalue weighted by atomic mass is 9.96. The third-order valence-electron chi connectivity index (χ3n) is 4.31. The van der Waals surface area contributed by atoms with E-state index in [-0.39, 0.29) is 0 Å². The molecular weight excluding hydrogens is 385 g/mol. The fourth-order valence-electron chi connectivity index (χ4n) is 3.43. The van der Waals surface area contributed by atoms with E-state index in [9.17, 15) is 9.59 Å². The van der Waals surface area contributed by atoms with Crippen LogP contribution in [0.25, 0.3) is 0 Å². The molecule has 1 aliphatic carbocycles. The van der Waals surface area contributed by atoms with E-state index in [1.165, 1.54) is 68.5 Å². The molecule has 0 spiro atoms. The number of Topliss-reactive ketones (excluding diaryl/α,β-unsaturated/α-hetero) is 2. The van der Waals surface area contributed by atoms with Crippen molar-refractivity contribution < 1.29 is 14.1 Å². The number of quaternary nitrogens is 1. The van der Waals surface area contributed by atoms with Crippen LogP contribution < -0.4 is 0 Å². The monoisotopic (exact) mass is 412 g/mol. The van der Waals surface area contributed by atoms with Crippen molar-refractivity contribution in [3.05, 3.63) is 21.2 Å². The molecule has 0 saturated heterocycles. The van der Waals surface area contributed by atoms with Crippen molar-refractivity contribution in [3.63, 3.8) is 0 Å². The van der Waals surface area contributed by atoms with Crippen molar-refractivity contribution in [2.75, 3.05) is 26.2 Å². The van der Waals surface area contributed by atoms with Gasteiger partial charge in [-0.25, -0.2) is 0 Å². The van der Waals surface area contributed by atoms with Gasteiger partial charge in [-0.15, -0.1) is 0 Å². The maximum absolute atomic E-state index is 11.2. The summed E-state index contributed by atoms with van der Waals surface area (Å²) in [6.45, 7) is 14.8. The maximum atomic E-state index is 11.2. The van der Waals surface area contributed by atoms with Crippen LogP contribution in [0.1, 0.15) is 53.4 Å². The Bertz CT molecular complexity index is 623. The van der Waals surface area contributed by atoms with Crippen molar-refractivity contribution in [2.45, 2.75) is 53.4 Å². The highest BCUT2D eigenvalue weighted by Gasteiger charge is 2.33. The number of allylic oxidation sites excluding steroid dienone is 4. The molecule has 0 N–H and O–H groups in total. The van der Waals surface area contributed by atoms with Gasteiger partial charge in [0, 0.05) is 0 Å². The zero-order valence-electron chi connectivity index (χ0n) is 16.6. The molecular formula is C20H28Cl2N3O2+. The standard InChI is InChI=1S/C12H28N.C8Cl2N2O2/c1-5-9-13(10-6-2,11-7-3)12-8-4;9-5-6(10)8(14)4(2-12)3(1-11)7(5)13/h5-12H2,1-4H3;/q+1;. The molecule has 27 heavy (non-hydrogen) atoms. The number of halogens is 2. The Morgan fingerprint density at radius 3 is 1.15 bits per heavy atom. The van der Waals surface area contributed by atoms with E-state index in [4.69, 9.17) is 33.7 Å². The first kappa shape index (κ1) is 25.3. The summed E-state index contributed by atoms with van der Waals surface area (Å²) in [5.74, 6) is -1.79. The molecule has 0 saturated carbocycles. The van der Waals surface area contributed by atoms with Gasteiger partial charge in [-0.1, -0.05) is 50.9 Å². The van der Waals surface area contributed by atoms with Gasteiger partial charge in [-0.3, -0.25) is 9.59 Å². The molecule has 0 fully saturated rings. The molecule has 0 heterocycles. The zero-order valence-corrected chi connectivity index (χ0v) is 18.1. The number of nitrogens with zero attached hydrogens (tertiary/aromatic N) is 3. The summed E-state index contributed by atoms with van der Waals surface area (Å²) in [5, 5.41) is 16.0. The maximum Gasteiger partial charge on any atom is 0.218 e. The quantitative estimate of drug-likeness (QED) is 0.430. The van der Waals surface area contributed by atoms with Crippen molar-refractivity contribution in [3.8, 4) is 12.1 Å². The van der Waals surface area contributed by atoms with Crippen LogP contribution in [-0.4, -0.2) is 42.2 Å². The molecule has 1 rings (SSSR count). The van der Waals surface area contributed by atoms with E-state index in [0.29, 0.717) is 0 Å². The van der Waals surface area contributed by atoms with Crippen molar-refractivity contribution in [1.82, 2.24) is 0 Å². The lowest BCUT2D eigenvalue weighted by molar-refractivity contribution is -0.928. The minimum absolute atomic E-state index is 0.521. The summed E-state index contributed by atoms with van der Waals surface area (Å²) < 4.78 is 1.38. The topological polar surface area (TPSA) is 81.7 Å². The Balaban J connectivity index is 0.000000503. The van der Waals surface area contributed by atoms with Gasteiger partial charge < -0.3 is 4.48 Å². The van der Waals surface area contributed by atoms with Crippen LogP contribution in [0.15, 0.2) is 21.2 Å². The number of rotatable bonds is 8. The Labute approximate surface area is 172 Å². The molecule has 0 amide bonds. The van der Waals surface area contributed by atoms with Gasteiger partial charge in [-0.05, 0) is 25.7 Å². The summed E-state index contributed by atoms with van der Waals surface area (Å²) in [4.78, 5) is 22.4. The zero-order chi connectivity index (χ0) is 21.0. The smallest absolute Gasteiger partial charge is 0.218 e. The van der Waals surface area contributed by atoms with Crippen LogP contribution in [-0.2, 0) is 9.59 Å². The van der Waals surface area contributed by atoms with E-state index in [2.05, 4.69) is 27.7 Å². The van der Waals surface area contributed by atoms with Crippen molar-refractivity contribution >= 4 is 34.8 Å². The first-order chi connectivity index (χ1) is 12.8. The van der Waals surface area contributed by atoms with Crippen molar-refractivity contribution in [1.29, 1.82) is 10.5 Å². The molecule has 0 atom stereocenters. The van der Waals surface area contributed by atoms with Gasteiger partial charge in [0.25, 0.3) is 0 Å². The summed E-state index contributed by atoms with van der Waals surface area (Å²) >= 11 is 10.8. The second kappa shape index (κ2) is 12.7. The third kappa shape index (κ3) is 6.78. The highest BCUT2D eigenvalue weighted by molar-refractivity contribution is 6.59. The SMILES string of the molecule is CCC[N+](CCC)(CCC)CCC.N#CC1=C(C#N)C(=O)C(Cl)=C(Cl)C1=O. The van der Waals surface area contributed by atoms with Crippen LogP contribution in [0.3, 0.4) is 0 Å². The molecule has 148 valence electrons. The molecule has 0 aromatic rings. The number of hydrogen-bond acceptors (Lipinski definition) is 4. The number of nitriles is 2. The summed E-state index contributed by atoms with van der Waals surface area (Å²) in [7, 11) is 0. The van der Waals surface area contributed by atoms with Gasteiger partial charge in [0.2, 0.25) is 11.6 Å². The minimum atomic E-state index is -0.893. The predicted octanol–water partition coefficient (Wildman–Crippen LogP) is 4.61. The predicted molar refractivity (Wildman–Crippen MR) is 108 cm³/mol. The fourth-order valence-corrected chi connectivity index (χ4v) is 3.79. The van der Waals surface area contributed by atoms with Crippen molar-refractivity contribution in [2.24, 2.45) is 0 Å². The van der Waals surface area contributed by atoms with E-state index in [0.717, 1.165) is 0 Å². The largest absolute Gasteiger partial charge is 0.324 e. The molecule has 0 radical (unpaired) electrons. The molecule has 0 aromatic heterocycles. The molecule has 5 nitrogen and oxygen atoms in total. The van der Waals surface area contributed by atoms with Gasteiger partial charge >= 0.3 is 0 Å². The minimum Gasteiger partial charge on any atom is -0.324 e. The normalized spacial score (nSPS) is 14.5. The Hall–Kier alpha value is -1.66.